The van der Waals surface area contributed by atoms with Crippen LogP contribution in [0.3, 0.4) is 0 Å². The quantitative estimate of drug-likeness (QED) is 0.0346. The highest BCUT2D eigenvalue weighted by atomic mass is 16.6. The zero-order valence-corrected chi connectivity index (χ0v) is 39.8. The fourth-order valence-electron chi connectivity index (χ4n) is 7.76. The van der Waals surface area contributed by atoms with Gasteiger partial charge in [0.2, 0.25) is 0 Å². The Morgan fingerprint density at radius 3 is 0.741 bits per heavy atom. The van der Waals surface area contributed by atoms with Gasteiger partial charge in [0, 0.05) is 19.3 Å². The summed E-state index contributed by atoms with van der Waals surface area (Å²) in [5.74, 6) is 1.59. The first-order valence-corrected chi connectivity index (χ1v) is 25.6. The van der Waals surface area contributed by atoms with Gasteiger partial charge in [-0.05, 0) is 37.0 Å². The molecule has 0 heterocycles. The van der Waals surface area contributed by atoms with E-state index in [1.807, 2.05) is 0 Å². The number of carbonyl (C=O) groups excluding carboxylic acids is 3. The minimum absolute atomic E-state index is 0.0654. The Kier molecular flexibility index (Phi) is 42.3. The predicted molar refractivity (Wildman–Crippen MR) is 247 cm³/mol. The van der Waals surface area contributed by atoms with Crippen LogP contribution in [-0.4, -0.2) is 37.2 Å². The van der Waals surface area contributed by atoms with Crippen LogP contribution >= 0.6 is 0 Å². The summed E-state index contributed by atoms with van der Waals surface area (Å²) in [6.07, 6.45) is 42.4. The Morgan fingerprint density at radius 2 is 0.500 bits per heavy atom. The Bertz CT molecular complexity index is 898. The predicted octanol–water partition coefficient (Wildman–Crippen LogP) is 16.4. The average molecular weight is 821 g/mol. The molecule has 0 fully saturated rings. The van der Waals surface area contributed by atoms with Crippen LogP contribution < -0.4 is 0 Å². The second kappa shape index (κ2) is 43.5. The highest BCUT2D eigenvalue weighted by molar-refractivity contribution is 5.71. The molecule has 0 spiro atoms. The molecule has 0 saturated heterocycles. The van der Waals surface area contributed by atoms with E-state index in [0.717, 1.165) is 75.5 Å². The average Bonchev–Trinajstić information content (AvgIpc) is 3.18. The number of ether oxygens (including phenoxy) is 3. The summed E-state index contributed by atoms with van der Waals surface area (Å²) in [6, 6.07) is 0. The van der Waals surface area contributed by atoms with Gasteiger partial charge >= 0.3 is 17.9 Å². The van der Waals surface area contributed by atoms with Gasteiger partial charge in [0.1, 0.15) is 13.2 Å². The van der Waals surface area contributed by atoms with Gasteiger partial charge in [0.05, 0.1) is 0 Å². The lowest BCUT2D eigenvalue weighted by Crippen LogP contribution is -2.30. The lowest BCUT2D eigenvalue weighted by Gasteiger charge is -2.18. The highest BCUT2D eigenvalue weighted by Crippen LogP contribution is 2.17. The molecule has 0 aliphatic rings. The van der Waals surface area contributed by atoms with E-state index in [2.05, 4.69) is 41.5 Å². The molecule has 0 aromatic carbocycles. The van der Waals surface area contributed by atoms with Gasteiger partial charge < -0.3 is 14.2 Å². The van der Waals surface area contributed by atoms with Gasteiger partial charge in [0.25, 0.3) is 0 Å². The largest absolute Gasteiger partial charge is 0.462 e. The number of hydrogen-bond acceptors (Lipinski definition) is 6. The van der Waals surface area contributed by atoms with Gasteiger partial charge in [0.15, 0.2) is 6.10 Å². The van der Waals surface area contributed by atoms with Crippen LogP contribution in [-0.2, 0) is 28.6 Å². The van der Waals surface area contributed by atoms with Crippen molar-refractivity contribution in [3.05, 3.63) is 0 Å². The first kappa shape index (κ1) is 56.4. The topological polar surface area (TPSA) is 78.9 Å². The fourth-order valence-corrected chi connectivity index (χ4v) is 7.76. The molecule has 6 heteroatoms. The molecular formula is C52H100O6. The molecule has 0 N–H and O–H groups in total. The van der Waals surface area contributed by atoms with Gasteiger partial charge in [-0.3, -0.25) is 14.4 Å². The molecule has 344 valence electrons. The third-order valence-electron chi connectivity index (χ3n) is 11.6. The molecule has 0 amide bonds. The van der Waals surface area contributed by atoms with Crippen LogP contribution in [0, 0.1) is 17.8 Å². The zero-order chi connectivity index (χ0) is 42.7. The highest BCUT2D eigenvalue weighted by Gasteiger charge is 2.19. The van der Waals surface area contributed by atoms with E-state index in [-0.39, 0.29) is 31.1 Å². The number of hydrogen-bond donors (Lipinski definition) is 0. The summed E-state index contributed by atoms with van der Waals surface area (Å²) >= 11 is 0. The summed E-state index contributed by atoms with van der Waals surface area (Å²) in [6.45, 7) is 13.7. The van der Waals surface area contributed by atoms with Crippen molar-refractivity contribution in [2.75, 3.05) is 13.2 Å². The molecule has 58 heavy (non-hydrogen) atoms. The molecular weight excluding hydrogens is 721 g/mol. The van der Waals surface area contributed by atoms with Gasteiger partial charge in [-0.2, -0.15) is 0 Å². The van der Waals surface area contributed by atoms with Crippen molar-refractivity contribution in [2.24, 2.45) is 17.8 Å². The maximum Gasteiger partial charge on any atom is 0.306 e. The summed E-state index contributed by atoms with van der Waals surface area (Å²) in [4.78, 5) is 37.9. The van der Waals surface area contributed by atoms with Crippen molar-refractivity contribution in [1.82, 2.24) is 0 Å². The minimum Gasteiger partial charge on any atom is -0.462 e. The maximum atomic E-state index is 12.7. The van der Waals surface area contributed by atoms with Gasteiger partial charge in [-0.15, -0.1) is 0 Å². The van der Waals surface area contributed by atoms with Crippen molar-refractivity contribution < 1.29 is 28.6 Å². The molecule has 0 aliphatic heterocycles. The Hall–Kier alpha value is -1.59. The molecule has 0 rings (SSSR count). The van der Waals surface area contributed by atoms with E-state index in [4.69, 9.17) is 14.2 Å². The number of carbonyl (C=O) groups is 3. The first-order chi connectivity index (χ1) is 28.1. The van der Waals surface area contributed by atoms with Crippen LogP contribution in [0.4, 0.5) is 0 Å². The third kappa shape index (κ3) is 45.5. The molecule has 0 aliphatic carbocycles. The van der Waals surface area contributed by atoms with Crippen LogP contribution in [0.25, 0.3) is 0 Å². The van der Waals surface area contributed by atoms with E-state index in [9.17, 15) is 14.4 Å². The maximum absolute atomic E-state index is 12.7. The second-order valence-corrected chi connectivity index (χ2v) is 19.2. The number of rotatable bonds is 45. The van der Waals surface area contributed by atoms with E-state index >= 15 is 0 Å². The summed E-state index contributed by atoms with van der Waals surface area (Å²) in [7, 11) is 0. The van der Waals surface area contributed by atoms with Crippen molar-refractivity contribution in [2.45, 2.75) is 285 Å². The van der Waals surface area contributed by atoms with E-state index in [1.54, 1.807) is 0 Å². The molecule has 0 aromatic heterocycles. The summed E-state index contributed by atoms with van der Waals surface area (Å²) < 4.78 is 16.8. The standard InChI is InChI=1S/C52H100O6/c1-46(2)38-32-26-20-15-11-8-7-9-13-17-23-29-35-41-50(53)56-44-49(58-52(55)43-37-31-25-19-22-28-34-40-48(5)6)45-57-51(54)42-36-30-24-18-14-10-12-16-21-27-33-39-47(3)4/h46-49H,7-45H2,1-6H3/t49-/m1/s1. The SMILES string of the molecule is CC(C)CCCCCCCCCCCCCCCC(=O)OC[C@H](COC(=O)CCCCCCCCCCCCCC(C)C)OC(=O)CCCCCCCCCC(C)C. The van der Waals surface area contributed by atoms with E-state index in [0.29, 0.717) is 19.3 Å². The fraction of sp³-hybridized carbons (Fsp3) is 0.942. The second-order valence-electron chi connectivity index (χ2n) is 19.2. The molecule has 0 saturated carbocycles. The molecule has 1 atom stereocenters. The van der Waals surface area contributed by atoms with Crippen LogP contribution in [0.2, 0.25) is 0 Å². The summed E-state index contributed by atoms with van der Waals surface area (Å²) in [5.41, 5.74) is 0. The molecule has 0 aromatic rings. The van der Waals surface area contributed by atoms with Crippen molar-refractivity contribution >= 4 is 17.9 Å². The Balaban J connectivity index is 4.28. The van der Waals surface area contributed by atoms with E-state index < -0.39 is 6.10 Å². The number of unbranched alkanes of at least 4 members (excludes halogenated alkanes) is 28. The molecule has 0 bridgehead atoms. The van der Waals surface area contributed by atoms with Crippen molar-refractivity contribution in [3.63, 3.8) is 0 Å². The van der Waals surface area contributed by atoms with E-state index in [1.165, 1.54) is 161 Å². The third-order valence-corrected chi connectivity index (χ3v) is 11.6. The normalized spacial score (nSPS) is 12.2. The van der Waals surface area contributed by atoms with Crippen LogP contribution in [0.5, 0.6) is 0 Å². The van der Waals surface area contributed by atoms with Gasteiger partial charge in [-0.1, -0.05) is 241 Å². The van der Waals surface area contributed by atoms with Crippen LogP contribution in [0.15, 0.2) is 0 Å². The van der Waals surface area contributed by atoms with Crippen LogP contribution in [0.1, 0.15) is 279 Å². The minimum atomic E-state index is -0.763. The Morgan fingerprint density at radius 1 is 0.293 bits per heavy atom. The zero-order valence-electron chi connectivity index (χ0n) is 39.8. The van der Waals surface area contributed by atoms with Crippen molar-refractivity contribution in [3.8, 4) is 0 Å². The lowest BCUT2D eigenvalue weighted by atomic mass is 10.0. The van der Waals surface area contributed by atoms with Gasteiger partial charge in [-0.25, -0.2) is 0 Å². The number of esters is 3. The molecule has 6 nitrogen and oxygen atoms in total. The molecule has 0 radical (unpaired) electrons. The first-order valence-electron chi connectivity index (χ1n) is 25.6. The smallest absolute Gasteiger partial charge is 0.306 e. The van der Waals surface area contributed by atoms with Crippen molar-refractivity contribution in [1.29, 1.82) is 0 Å². The summed E-state index contributed by atoms with van der Waals surface area (Å²) in [5, 5.41) is 0. The monoisotopic (exact) mass is 821 g/mol. The lowest BCUT2D eigenvalue weighted by molar-refractivity contribution is -0.167. The molecule has 0 unspecified atom stereocenters. The Labute approximate surface area is 361 Å².